The summed E-state index contributed by atoms with van der Waals surface area (Å²) in [6.07, 6.45) is 0. The van der Waals surface area contributed by atoms with Gasteiger partial charge in [0.25, 0.3) is 0 Å². The second kappa shape index (κ2) is 5.83. The van der Waals surface area contributed by atoms with E-state index in [2.05, 4.69) is 32.6 Å². The van der Waals surface area contributed by atoms with Crippen molar-refractivity contribution in [3.8, 4) is 6.07 Å². The first-order valence-electron chi connectivity index (χ1n) is 4.80. The van der Waals surface area contributed by atoms with Gasteiger partial charge in [0.15, 0.2) is 5.11 Å². The number of rotatable bonds is 2. The maximum absolute atomic E-state index is 8.72. The predicted molar refractivity (Wildman–Crippen MR) is 73.3 cm³/mol. The van der Waals surface area contributed by atoms with Crippen molar-refractivity contribution in [2.75, 3.05) is 5.32 Å². The average molecular weight is 298 g/mol. The van der Waals surface area contributed by atoms with Crippen molar-refractivity contribution in [2.45, 2.75) is 19.9 Å². The van der Waals surface area contributed by atoms with Gasteiger partial charge in [-0.2, -0.15) is 5.26 Å². The fraction of sp³-hybridized carbons (Fsp3) is 0.273. The smallest absolute Gasteiger partial charge is 0.171 e. The monoisotopic (exact) mass is 297 g/mol. The van der Waals surface area contributed by atoms with E-state index in [9.17, 15) is 0 Å². The summed E-state index contributed by atoms with van der Waals surface area (Å²) in [5.41, 5.74) is 1.46. The molecule has 0 aliphatic carbocycles. The Kier molecular flexibility index (Phi) is 4.71. The van der Waals surface area contributed by atoms with Crippen LogP contribution in [0.2, 0.25) is 0 Å². The Labute approximate surface area is 109 Å². The lowest BCUT2D eigenvalue weighted by Crippen LogP contribution is -2.33. The van der Waals surface area contributed by atoms with Crippen molar-refractivity contribution in [1.82, 2.24) is 5.32 Å². The van der Waals surface area contributed by atoms with Crippen LogP contribution >= 0.6 is 28.1 Å². The molecule has 0 amide bonds. The zero-order chi connectivity index (χ0) is 12.1. The molecular formula is C11H12BrN3S. The molecule has 0 heterocycles. The highest BCUT2D eigenvalue weighted by Crippen LogP contribution is 2.23. The third-order valence-corrected chi connectivity index (χ3v) is 2.64. The topological polar surface area (TPSA) is 47.8 Å². The summed E-state index contributed by atoms with van der Waals surface area (Å²) < 4.78 is 0.819. The van der Waals surface area contributed by atoms with Crippen LogP contribution in [0.25, 0.3) is 0 Å². The van der Waals surface area contributed by atoms with Crippen molar-refractivity contribution in [1.29, 1.82) is 5.26 Å². The molecule has 0 bridgehead atoms. The molecule has 2 N–H and O–H groups in total. The standard InChI is InChI=1S/C11H12BrN3S/c1-7(2)14-11(16)15-10-4-3-8(6-13)5-9(10)12/h3-5,7H,1-2H3,(H2,14,15,16). The number of nitrogens with one attached hydrogen (secondary N) is 2. The summed E-state index contributed by atoms with van der Waals surface area (Å²) in [5, 5.41) is 15.4. The molecule has 0 radical (unpaired) electrons. The molecule has 1 aromatic rings. The van der Waals surface area contributed by atoms with Gasteiger partial charge in [-0.3, -0.25) is 0 Å². The van der Waals surface area contributed by atoms with E-state index in [1.165, 1.54) is 0 Å². The highest BCUT2D eigenvalue weighted by Gasteiger charge is 2.04. The molecule has 0 unspecified atom stereocenters. The van der Waals surface area contributed by atoms with Crippen LogP contribution in [0.5, 0.6) is 0 Å². The molecule has 0 saturated carbocycles. The number of hydrogen-bond donors (Lipinski definition) is 2. The highest BCUT2D eigenvalue weighted by molar-refractivity contribution is 9.10. The molecule has 0 spiro atoms. The van der Waals surface area contributed by atoms with Gasteiger partial charge in [-0.05, 0) is 60.2 Å². The summed E-state index contributed by atoms with van der Waals surface area (Å²) in [5.74, 6) is 0. The molecule has 5 heteroatoms. The van der Waals surface area contributed by atoms with Gasteiger partial charge in [-0.15, -0.1) is 0 Å². The molecule has 0 aliphatic rings. The molecule has 0 aromatic heterocycles. The molecule has 0 fully saturated rings. The second-order valence-electron chi connectivity index (χ2n) is 3.56. The lowest BCUT2D eigenvalue weighted by Gasteiger charge is -2.14. The number of halogens is 1. The quantitative estimate of drug-likeness (QED) is 0.824. The zero-order valence-corrected chi connectivity index (χ0v) is 11.4. The Bertz CT molecular complexity index is 437. The lowest BCUT2D eigenvalue weighted by atomic mass is 10.2. The van der Waals surface area contributed by atoms with E-state index in [-0.39, 0.29) is 6.04 Å². The third-order valence-electron chi connectivity index (χ3n) is 1.77. The minimum Gasteiger partial charge on any atom is -0.360 e. The Hall–Kier alpha value is -1.12. The van der Waals surface area contributed by atoms with E-state index in [0.717, 1.165) is 10.2 Å². The third kappa shape index (κ3) is 3.80. The molecule has 1 aromatic carbocycles. The Morgan fingerprint density at radius 1 is 1.50 bits per heavy atom. The van der Waals surface area contributed by atoms with Gasteiger partial charge in [0.2, 0.25) is 0 Å². The van der Waals surface area contributed by atoms with Crippen LogP contribution < -0.4 is 10.6 Å². The van der Waals surface area contributed by atoms with E-state index >= 15 is 0 Å². The number of thiocarbonyl (C=S) groups is 1. The van der Waals surface area contributed by atoms with E-state index < -0.39 is 0 Å². The van der Waals surface area contributed by atoms with E-state index in [4.69, 9.17) is 17.5 Å². The minimum atomic E-state index is 0.289. The molecule has 16 heavy (non-hydrogen) atoms. The maximum Gasteiger partial charge on any atom is 0.171 e. The average Bonchev–Trinajstić information content (AvgIpc) is 2.19. The van der Waals surface area contributed by atoms with Crippen LogP contribution in [0.15, 0.2) is 22.7 Å². The lowest BCUT2D eigenvalue weighted by molar-refractivity contribution is 0.739. The predicted octanol–water partition coefficient (Wildman–Crippen LogP) is 3.02. The molecule has 1 rings (SSSR count). The number of hydrogen-bond acceptors (Lipinski definition) is 2. The van der Waals surface area contributed by atoms with Gasteiger partial charge in [-0.1, -0.05) is 0 Å². The zero-order valence-electron chi connectivity index (χ0n) is 9.04. The summed E-state index contributed by atoms with van der Waals surface area (Å²) >= 11 is 8.51. The van der Waals surface area contributed by atoms with Gasteiger partial charge in [0, 0.05) is 10.5 Å². The SMILES string of the molecule is CC(C)NC(=S)Nc1ccc(C#N)cc1Br. The summed E-state index contributed by atoms with van der Waals surface area (Å²) in [7, 11) is 0. The molecule has 0 saturated heterocycles. The fourth-order valence-electron chi connectivity index (χ4n) is 1.11. The minimum absolute atomic E-state index is 0.289. The van der Waals surface area contributed by atoms with E-state index in [1.807, 2.05) is 19.9 Å². The Balaban J connectivity index is 2.75. The van der Waals surface area contributed by atoms with Crippen LogP contribution in [0.1, 0.15) is 19.4 Å². The molecule has 0 aliphatic heterocycles. The van der Waals surface area contributed by atoms with Crippen molar-refractivity contribution >= 4 is 38.9 Å². The van der Waals surface area contributed by atoms with Crippen LogP contribution in [0, 0.1) is 11.3 Å². The Morgan fingerprint density at radius 3 is 2.69 bits per heavy atom. The van der Waals surface area contributed by atoms with Crippen LogP contribution in [0.4, 0.5) is 5.69 Å². The first-order chi connectivity index (χ1) is 7.52. The highest BCUT2D eigenvalue weighted by atomic mass is 79.9. The van der Waals surface area contributed by atoms with Crippen LogP contribution in [-0.4, -0.2) is 11.2 Å². The van der Waals surface area contributed by atoms with Crippen molar-refractivity contribution < 1.29 is 0 Å². The first kappa shape index (κ1) is 12.9. The van der Waals surface area contributed by atoms with E-state index in [0.29, 0.717) is 10.7 Å². The van der Waals surface area contributed by atoms with E-state index in [1.54, 1.807) is 12.1 Å². The van der Waals surface area contributed by atoms with Crippen molar-refractivity contribution in [3.05, 3.63) is 28.2 Å². The summed E-state index contributed by atoms with van der Waals surface area (Å²) in [6.45, 7) is 4.03. The number of benzene rings is 1. The largest absolute Gasteiger partial charge is 0.360 e. The number of anilines is 1. The van der Waals surface area contributed by atoms with Gasteiger partial charge < -0.3 is 10.6 Å². The van der Waals surface area contributed by atoms with Crippen LogP contribution in [0.3, 0.4) is 0 Å². The first-order valence-corrected chi connectivity index (χ1v) is 6.00. The van der Waals surface area contributed by atoms with Gasteiger partial charge in [0.05, 0.1) is 17.3 Å². The van der Waals surface area contributed by atoms with Crippen molar-refractivity contribution in [3.63, 3.8) is 0 Å². The molecular weight excluding hydrogens is 286 g/mol. The number of nitrogens with zero attached hydrogens (tertiary/aromatic N) is 1. The molecule has 3 nitrogen and oxygen atoms in total. The second-order valence-corrected chi connectivity index (χ2v) is 4.82. The van der Waals surface area contributed by atoms with Gasteiger partial charge in [-0.25, -0.2) is 0 Å². The summed E-state index contributed by atoms with van der Waals surface area (Å²) in [6, 6.07) is 7.67. The maximum atomic E-state index is 8.72. The number of nitriles is 1. The van der Waals surface area contributed by atoms with Gasteiger partial charge >= 0.3 is 0 Å². The van der Waals surface area contributed by atoms with Crippen molar-refractivity contribution in [2.24, 2.45) is 0 Å². The summed E-state index contributed by atoms with van der Waals surface area (Å²) in [4.78, 5) is 0. The van der Waals surface area contributed by atoms with Crippen LogP contribution in [-0.2, 0) is 0 Å². The molecule has 84 valence electrons. The Morgan fingerprint density at radius 2 is 2.19 bits per heavy atom. The van der Waals surface area contributed by atoms with Gasteiger partial charge in [0.1, 0.15) is 0 Å². The fourth-order valence-corrected chi connectivity index (χ4v) is 1.93. The molecule has 0 atom stereocenters. The normalized spacial score (nSPS) is 9.69.